The Morgan fingerprint density at radius 3 is 2.58 bits per heavy atom. The molecule has 1 nitrogen and oxygen atoms in total. The Kier molecular flexibility index (Phi) is 7.52. The first-order chi connectivity index (χ1) is 9.14. The number of thioether (sulfide) groups is 1. The fourth-order valence-corrected chi connectivity index (χ4v) is 3.72. The van der Waals surface area contributed by atoms with Gasteiger partial charge in [-0.05, 0) is 38.4 Å². The summed E-state index contributed by atoms with van der Waals surface area (Å²) in [4.78, 5) is 12.8. The smallest absolute Gasteiger partial charge is 0.178 e. The molecule has 1 unspecified atom stereocenters. The fourth-order valence-electron chi connectivity index (χ4n) is 2.29. The van der Waals surface area contributed by atoms with Crippen molar-refractivity contribution in [3.8, 4) is 0 Å². The highest BCUT2D eigenvalue weighted by atomic mass is 32.2. The summed E-state index contributed by atoms with van der Waals surface area (Å²) in [7, 11) is 0. The Bertz CT molecular complexity index is 343. The molecule has 0 N–H and O–H groups in total. The van der Waals surface area contributed by atoms with E-state index in [1.54, 1.807) is 0 Å². The molecule has 0 saturated heterocycles. The number of hydrogen-bond acceptors (Lipinski definition) is 2. The number of Topliss-reactive ketones (excluding diaryl/α,β-unsaturated/α-hetero) is 1. The van der Waals surface area contributed by atoms with E-state index in [4.69, 9.17) is 0 Å². The normalized spacial score (nSPS) is 17.9. The highest BCUT2D eigenvalue weighted by Gasteiger charge is 2.34. The highest BCUT2D eigenvalue weighted by molar-refractivity contribution is 8.01. The van der Waals surface area contributed by atoms with Crippen LogP contribution in [0.25, 0.3) is 0 Å². The van der Waals surface area contributed by atoms with E-state index in [0.717, 1.165) is 43.4 Å². The van der Waals surface area contributed by atoms with Crippen molar-refractivity contribution < 1.29 is 4.79 Å². The molecule has 0 heterocycles. The molecule has 0 spiro atoms. The maximum absolute atomic E-state index is 12.8. The predicted octanol–water partition coefficient (Wildman–Crippen LogP) is 5.31. The maximum atomic E-state index is 12.8. The Hall–Kier alpha value is -0.500. The number of rotatable bonds is 9. The van der Waals surface area contributed by atoms with Crippen LogP contribution in [0.4, 0.5) is 0 Å². The average molecular weight is 280 g/mol. The lowest BCUT2D eigenvalue weighted by molar-refractivity contribution is -0.117. The summed E-state index contributed by atoms with van der Waals surface area (Å²) in [5.41, 5.74) is 0.939. The van der Waals surface area contributed by atoms with Crippen LogP contribution in [0.2, 0.25) is 0 Å². The highest BCUT2D eigenvalue weighted by Crippen LogP contribution is 2.35. The number of unbranched alkanes of at least 4 members (excludes halogenated alkanes) is 2. The summed E-state index contributed by atoms with van der Waals surface area (Å²) < 4.78 is -0.224. The molecule has 0 aliphatic heterocycles. The first kappa shape index (κ1) is 16.6. The summed E-state index contributed by atoms with van der Waals surface area (Å²) >= 11 is 1.87. The second kappa shape index (κ2) is 8.63. The molecule has 0 bridgehead atoms. The van der Waals surface area contributed by atoms with E-state index in [9.17, 15) is 4.79 Å². The van der Waals surface area contributed by atoms with E-state index in [2.05, 4.69) is 32.9 Å². The van der Waals surface area contributed by atoms with Crippen molar-refractivity contribution in [1.29, 1.82) is 0 Å². The summed E-state index contributed by atoms with van der Waals surface area (Å²) in [6.07, 6.45) is 14.1. The Labute approximate surface area is 122 Å². The topological polar surface area (TPSA) is 17.1 Å². The van der Waals surface area contributed by atoms with E-state index in [-0.39, 0.29) is 4.75 Å². The molecular formula is C17H28OS. The van der Waals surface area contributed by atoms with Crippen molar-refractivity contribution in [3.05, 3.63) is 23.8 Å². The maximum Gasteiger partial charge on any atom is 0.178 e. The van der Waals surface area contributed by atoms with Crippen LogP contribution in [0.15, 0.2) is 23.8 Å². The lowest BCUT2D eigenvalue weighted by Gasteiger charge is -2.28. The van der Waals surface area contributed by atoms with E-state index >= 15 is 0 Å². The molecule has 0 radical (unpaired) electrons. The zero-order chi connectivity index (χ0) is 14.1. The van der Waals surface area contributed by atoms with Crippen molar-refractivity contribution in [2.75, 3.05) is 5.75 Å². The van der Waals surface area contributed by atoms with Crippen LogP contribution in [0.3, 0.4) is 0 Å². The minimum atomic E-state index is -0.224. The van der Waals surface area contributed by atoms with Gasteiger partial charge in [-0.2, -0.15) is 0 Å². The summed E-state index contributed by atoms with van der Waals surface area (Å²) in [6.45, 7) is 6.55. The molecule has 1 rings (SSSR count). The molecule has 1 atom stereocenters. The van der Waals surface area contributed by atoms with Crippen molar-refractivity contribution in [2.24, 2.45) is 0 Å². The van der Waals surface area contributed by atoms with Crippen LogP contribution in [0, 0.1) is 0 Å². The van der Waals surface area contributed by atoms with Crippen molar-refractivity contribution in [1.82, 2.24) is 0 Å². The zero-order valence-corrected chi connectivity index (χ0v) is 13.5. The van der Waals surface area contributed by atoms with Gasteiger partial charge in [0.15, 0.2) is 5.78 Å². The third-order valence-electron chi connectivity index (χ3n) is 3.66. The molecule has 0 saturated carbocycles. The zero-order valence-electron chi connectivity index (χ0n) is 12.7. The standard InChI is InChI=1S/C17H28OS/c1-4-6-13-17(3,19-14-7-5-2)16(18)15-11-9-8-10-12-15/h9,11-12H,4-8,10,13-14H2,1-3H3. The van der Waals surface area contributed by atoms with Gasteiger partial charge in [-0.15, -0.1) is 11.8 Å². The van der Waals surface area contributed by atoms with Crippen molar-refractivity contribution in [3.63, 3.8) is 0 Å². The number of allylic oxidation sites excluding steroid dienone is 4. The molecule has 0 aromatic carbocycles. The van der Waals surface area contributed by atoms with Gasteiger partial charge in [-0.1, -0.05) is 51.3 Å². The second-order valence-corrected chi connectivity index (χ2v) is 7.10. The molecule has 108 valence electrons. The first-order valence-corrected chi connectivity index (χ1v) is 8.68. The molecule has 0 aromatic rings. The van der Waals surface area contributed by atoms with Gasteiger partial charge in [0.2, 0.25) is 0 Å². The number of hydrogen-bond donors (Lipinski definition) is 0. The Morgan fingerprint density at radius 1 is 1.26 bits per heavy atom. The number of ketones is 1. The Balaban J connectivity index is 2.73. The van der Waals surface area contributed by atoms with Gasteiger partial charge < -0.3 is 0 Å². The quantitative estimate of drug-likeness (QED) is 0.532. The lowest BCUT2D eigenvalue weighted by atomic mass is 9.91. The molecular weight excluding hydrogens is 252 g/mol. The van der Waals surface area contributed by atoms with Crippen LogP contribution < -0.4 is 0 Å². The van der Waals surface area contributed by atoms with E-state index < -0.39 is 0 Å². The van der Waals surface area contributed by atoms with Gasteiger partial charge in [-0.25, -0.2) is 0 Å². The predicted molar refractivity (Wildman–Crippen MR) is 86.8 cm³/mol. The Morgan fingerprint density at radius 2 is 2.00 bits per heavy atom. The molecule has 1 aliphatic rings. The SMILES string of the molecule is CCCCSC(C)(CCCC)C(=O)C1=CCCC=C1. The van der Waals surface area contributed by atoms with E-state index in [0.29, 0.717) is 5.78 Å². The van der Waals surface area contributed by atoms with E-state index in [1.165, 1.54) is 12.8 Å². The minimum absolute atomic E-state index is 0.224. The monoisotopic (exact) mass is 280 g/mol. The van der Waals surface area contributed by atoms with Gasteiger partial charge in [0.1, 0.15) is 0 Å². The number of carbonyl (C=O) groups excluding carboxylic acids is 1. The molecule has 2 heteroatoms. The van der Waals surface area contributed by atoms with Gasteiger partial charge in [0, 0.05) is 5.57 Å². The average Bonchev–Trinajstić information content (AvgIpc) is 2.45. The third-order valence-corrected chi connectivity index (χ3v) is 5.18. The van der Waals surface area contributed by atoms with Crippen LogP contribution in [-0.2, 0) is 4.79 Å². The molecule has 0 amide bonds. The molecule has 19 heavy (non-hydrogen) atoms. The summed E-state index contributed by atoms with van der Waals surface area (Å²) in [6, 6.07) is 0. The van der Waals surface area contributed by atoms with Crippen molar-refractivity contribution >= 4 is 17.5 Å². The van der Waals surface area contributed by atoms with Gasteiger partial charge in [0.25, 0.3) is 0 Å². The summed E-state index contributed by atoms with van der Waals surface area (Å²) in [5, 5.41) is 0. The molecule has 1 aliphatic carbocycles. The van der Waals surface area contributed by atoms with Crippen molar-refractivity contribution in [2.45, 2.75) is 70.5 Å². The van der Waals surface area contributed by atoms with Gasteiger partial charge >= 0.3 is 0 Å². The number of carbonyl (C=O) groups is 1. The van der Waals surface area contributed by atoms with Crippen LogP contribution in [0.5, 0.6) is 0 Å². The fraction of sp³-hybridized carbons (Fsp3) is 0.706. The lowest BCUT2D eigenvalue weighted by Crippen LogP contribution is -2.33. The molecule has 0 aromatic heterocycles. The minimum Gasteiger partial charge on any atom is -0.293 e. The first-order valence-electron chi connectivity index (χ1n) is 7.69. The third kappa shape index (κ3) is 5.18. The van der Waals surface area contributed by atoms with E-state index in [1.807, 2.05) is 17.8 Å². The van der Waals surface area contributed by atoms with Gasteiger partial charge in [-0.3, -0.25) is 4.79 Å². The molecule has 0 fully saturated rings. The van der Waals surface area contributed by atoms with Crippen LogP contribution in [0.1, 0.15) is 65.7 Å². The summed E-state index contributed by atoms with van der Waals surface area (Å²) in [5.74, 6) is 1.44. The second-order valence-electron chi connectivity index (χ2n) is 5.50. The van der Waals surface area contributed by atoms with Crippen LogP contribution >= 0.6 is 11.8 Å². The van der Waals surface area contributed by atoms with Gasteiger partial charge in [0.05, 0.1) is 4.75 Å². The largest absolute Gasteiger partial charge is 0.293 e. The van der Waals surface area contributed by atoms with Crippen LogP contribution in [-0.4, -0.2) is 16.3 Å².